The van der Waals surface area contributed by atoms with Crippen LogP contribution in [0.2, 0.25) is 0 Å². The van der Waals surface area contributed by atoms with E-state index in [1.54, 1.807) is 0 Å². The summed E-state index contributed by atoms with van der Waals surface area (Å²) in [5.74, 6) is -1.56. The number of aliphatic hydroxyl groups is 2. The van der Waals surface area contributed by atoms with Crippen LogP contribution in [0.15, 0.2) is 23.3 Å². The van der Waals surface area contributed by atoms with Crippen LogP contribution in [0.5, 0.6) is 0 Å². The molecule has 0 bridgehead atoms. The van der Waals surface area contributed by atoms with Crippen LogP contribution in [-0.2, 0) is 6.18 Å². The Balaban J connectivity index is 3.29. The lowest BCUT2D eigenvalue weighted by Gasteiger charge is -2.19. The fourth-order valence-electron chi connectivity index (χ4n) is 1.61. The van der Waals surface area contributed by atoms with Gasteiger partial charge in [-0.15, -0.1) is 0 Å². The molecule has 114 valence electrons. The van der Waals surface area contributed by atoms with Gasteiger partial charge in [-0.05, 0) is 29.3 Å². The standard InChI is InChI=1S/C11H10F3N3O4/c12-11(13,14)5-1-2-6(10(20)21)7(3-5)9(19)8(18)4-16-17-15/h1-3,8-9,18-19H,4H2,(H,20,21). The van der Waals surface area contributed by atoms with E-state index in [4.69, 9.17) is 10.6 Å². The fraction of sp³-hybridized carbons (Fsp3) is 0.364. The van der Waals surface area contributed by atoms with Crippen molar-refractivity contribution < 1.29 is 33.3 Å². The number of halogens is 3. The normalized spacial score (nSPS) is 14.1. The Bertz CT molecular complexity index is 585. The SMILES string of the molecule is [N-]=[N+]=NCC(O)C(O)c1cc(C(F)(F)F)ccc1C(=O)O. The van der Waals surface area contributed by atoms with Crippen LogP contribution in [-0.4, -0.2) is 33.9 Å². The van der Waals surface area contributed by atoms with Gasteiger partial charge in [0.05, 0.1) is 23.8 Å². The quantitative estimate of drug-likeness (QED) is 0.437. The Labute approximate surface area is 115 Å². The van der Waals surface area contributed by atoms with Gasteiger partial charge in [-0.3, -0.25) is 0 Å². The summed E-state index contributed by atoms with van der Waals surface area (Å²) in [6.45, 7) is -0.618. The van der Waals surface area contributed by atoms with Gasteiger partial charge in [-0.1, -0.05) is 5.11 Å². The molecule has 7 nitrogen and oxygen atoms in total. The van der Waals surface area contributed by atoms with Crippen LogP contribution in [0.3, 0.4) is 0 Å². The van der Waals surface area contributed by atoms with Gasteiger partial charge in [-0.2, -0.15) is 13.2 Å². The third-order valence-electron chi connectivity index (χ3n) is 2.62. The number of rotatable bonds is 5. The second-order valence-corrected chi connectivity index (χ2v) is 4.03. The molecule has 2 atom stereocenters. The number of hydrogen-bond donors (Lipinski definition) is 3. The molecular formula is C11H10F3N3O4. The number of carboxylic acids is 1. The lowest BCUT2D eigenvalue weighted by atomic mass is 9.96. The van der Waals surface area contributed by atoms with E-state index in [1.165, 1.54) is 0 Å². The zero-order valence-corrected chi connectivity index (χ0v) is 10.3. The van der Waals surface area contributed by atoms with E-state index in [-0.39, 0.29) is 0 Å². The van der Waals surface area contributed by atoms with Crippen LogP contribution < -0.4 is 0 Å². The summed E-state index contributed by atoms with van der Waals surface area (Å²) in [4.78, 5) is 13.3. The third-order valence-corrected chi connectivity index (χ3v) is 2.62. The molecule has 10 heteroatoms. The molecule has 0 spiro atoms. The third kappa shape index (κ3) is 4.09. The lowest BCUT2D eigenvalue weighted by Crippen LogP contribution is -2.24. The molecule has 0 saturated heterocycles. The van der Waals surface area contributed by atoms with E-state index in [9.17, 15) is 28.2 Å². The number of alkyl halides is 3. The largest absolute Gasteiger partial charge is 0.478 e. The first-order chi connectivity index (χ1) is 9.68. The molecule has 1 aromatic carbocycles. The van der Waals surface area contributed by atoms with Crippen molar-refractivity contribution in [3.05, 3.63) is 45.3 Å². The van der Waals surface area contributed by atoms with Crippen molar-refractivity contribution in [1.29, 1.82) is 0 Å². The lowest BCUT2D eigenvalue weighted by molar-refractivity contribution is -0.137. The van der Waals surface area contributed by atoms with Gasteiger partial charge >= 0.3 is 12.1 Å². The van der Waals surface area contributed by atoms with Crippen molar-refractivity contribution in [1.82, 2.24) is 0 Å². The maximum atomic E-state index is 12.6. The first-order valence-electron chi connectivity index (χ1n) is 5.50. The number of azide groups is 1. The van der Waals surface area contributed by atoms with E-state index in [0.29, 0.717) is 18.2 Å². The molecule has 0 aliphatic rings. The van der Waals surface area contributed by atoms with Crippen molar-refractivity contribution in [2.75, 3.05) is 6.54 Å². The van der Waals surface area contributed by atoms with E-state index < -0.39 is 47.6 Å². The molecule has 0 heterocycles. The monoisotopic (exact) mass is 305 g/mol. The maximum Gasteiger partial charge on any atom is 0.416 e. The first-order valence-corrected chi connectivity index (χ1v) is 5.50. The van der Waals surface area contributed by atoms with Gasteiger partial charge < -0.3 is 15.3 Å². The summed E-state index contributed by atoms with van der Waals surface area (Å²) in [5.41, 5.74) is 5.71. The summed E-state index contributed by atoms with van der Waals surface area (Å²) < 4.78 is 37.8. The average molecular weight is 305 g/mol. The second-order valence-electron chi connectivity index (χ2n) is 4.03. The van der Waals surface area contributed by atoms with E-state index in [2.05, 4.69) is 10.0 Å². The molecule has 0 amide bonds. The topological polar surface area (TPSA) is 127 Å². The summed E-state index contributed by atoms with van der Waals surface area (Å²) in [5, 5.41) is 31.2. The van der Waals surface area contributed by atoms with Crippen LogP contribution in [0.25, 0.3) is 10.4 Å². The predicted octanol–water partition coefficient (Wildman–Crippen LogP) is 2.11. The van der Waals surface area contributed by atoms with Crippen LogP contribution in [0.1, 0.15) is 27.6 Å². The highest BCUT2D eigenvalue weighted by atomic mass is 19.4. The van der Waals surface area contributed by atoms with Gasteiger partial charge in [0.15, 0.2) is 0 Å². The molecule has 0 saturated carbocycles. The zero-order chi connectivity index (χ0) is 16.2. The second kappa shape index (κ2) is 6.44. The Morgan fingerprint density at radius 1 is 1.38 bits per heavy atom. The summed E-state index contributed by atoms with van der Waals surface area (Å²) >= 11 is 0. The summed E-state index contributed by atoms with van der Waals surface area (Å²) in [6, 6.07) is 1.68. The minimum atomic E-state index is -4.73. The molecular weight excluding hydrogens is 295 g/mol. The number of aliphatic hydroxyl groups excluding tert-OH is 2. The van der Waals surface area contributed by atoms with Crippen LogP contribution >= 0.6 is 0 Å². The maximum absolute atomic E-state index is 12.6. The molecule has 0 fully saturated rings. The van der Waals surface area contributed by atoms with Gasteiger partial charge in [-0.25, -0.2) is 4.79 Å². The number of hydrogen-bond acceptors (Lipinski definition) is 4. The molecule has 0 radical (unpaired) electrons. The van der Waals surface area contributed by atoms with E-state index in [0.717, 1.165) is 0 Å². The van der Waals surface area contributed by atoms with Gasteiger partial charge in [0, 0.05) is 4.91 Å². The molecule has 0 aliphatic heterocycles. The van der Waals surface area contributed by atoms with Crippen molar-refractivity contribution in [3.63, 3.8) is 0 Å². The number of carbonyl (C=O) groups is 1. The first kappa shape index (κ1) is 16.8. The number of benzene rings is 1. The Kier molecular flexibility index (Phi) is 5.14. The van der Waals surface area contributed by atoms with Gasteiger partial charge in [0.25, 0.3) is 0 Å². The summed E-state index contributed by atoms with van der Waals surface area (Å²) in [6.07, 6.45) is -8.41. The highest BCUT2D eigenvalue weighted by molar-refractivity contribution is 5.89. The van der Waals surface area contributed by atoms with Crippen LogP contribution in [0.4, 0.5) is 13.2 Å². The number of nitrogens with zero attached hydrogens (tertiary/aromatic N) is 3. The molecule has 0 aromatic heterocycles. The number of carboxylic acid groups (broad SMARTS) is 1. The predicted molar refractivity (Wildman–Crippen MR) is 63.4 cm³/mol. The molecule has 3 N–H and O–H groups in total. The highest BCUT2D eigenvalue weighted by Gasteiger charge is 2.33. The molecule has 0 aliphatic carbocycles. The molecule has 2 unspecified atom stereocenters. The van der Waals surface area contributed by atoms with Gasteiger partial charge in [0.1, 0.15) is 6.10 Å². The Morgan fingerprint density at radius 2 is 2.00 bits per heavy atom. The van der Waals surface area contributed by atoms with Crippen molar-refractivity contribution in [2.24, 2.45) is 5.11 Å². The Hall–Kier alpha value is -2.29. The van der Waals surface area contributed by atoms with Crippen molar-refractivity contribution >= 4 is 5.97 Å². The molecule has 1 rings (SSSR count). The zero-order valence-electron chi connectivity index (χ0n) is 10.3. The highest BCUT2D eigenvalue weighted by Crippen LogP contribution is 2.33. The van der Waals surface area contributed by atoms with Crippen LogP contribution in [0, 0.1) is 0 Å². The van der Waals surface area contributed by atoms with Gasteiger partial charge in [0.2, 0.25) is 0 Å². The van der Waals surface area contributed by atoms with Crippen molar-refractivity contribution in [3.8, 4) is 0 Å². The fourth-order valence-corrected chi connectivity index (χ4v) is 1.61. The molecule has 1 aromatic rings. The minimum absolute atomic E-state index is 0.438. The van der Waals surface area contributed by atoms with E-state index in [1.807, 2.05) is 0 Å². The Morgan fingerprint density at radius 3 is 2.48 bits per heavy atom. The average Bonchev–Trinajstić information content (AvgIpc) is 2.42. The molecule has 21 heavy (non-hydrogen) atoms. The van der Waals surface area contributed by atoms with Crippen molar-refractivity contribution in [2.45, 2.75) is 18.4 Å². The number of aromatic carboxylic acids is 1. The minimum Gasteiger partial charge on any atom is -0.478 e. The smallest absolute Gasteiger partial charge is 0.416 e. The summed E-state index contributed by atoms with van der Waals surface area (Å²) in [7, 11) is 0. The van der Waals surface area contributed by atoms with E-state index >= 15 is 0 Å².